The van der Waals surface area contributed by atoms with Gasteiger partial charge in [0, 0.05) is 6.42 Å². The summed E-state index contributed by atoms with van der Waals surface area (Å²) in [5, 5.41) is 0. The van der Waals surface area contributed by atoms with E-state index in [1.165, 1.54) is 5.56 Å². The van der Waals surface area contributed by atoms with Crippen LogP contribution in [0, 0.1) is 0 Å². The van der Waals surface area contributed by atoms with E-state index >= 15 is 0 Å². The number of carbonyl (C=O) groups is 1. The molecule has 1 aromatic carbocycles. The number of hydrogen-bond donors (Lipinski definition) is 0. The van der Waals surface area contributed by atoms with Gasteiger partial charge in [0.2, 0.25) is 0 Å². The van der Waals surface area contributed by atoms with Crippen molar-refractivity contribution in [2.75, 3.05) is 6.61 Å². The van der Waals surface area contributed by atoms with Crippen molar-refractivity contribution in [2.24, 2.45) is 0 Å². The van der Waals surface area contributed by atoms with Crippen molar-refractivity contribution in [1.82, 2.24) is 0 Å². The molecule has 0 aliphatic heterocycles. The van der Waals surface area contributed by atoms with Crippen molar-refractivity contribution >= 4 is 5.97 Å². The zero-order valence-electron chi connectivity index (χ0n) is 9.95. The first kappa shape index (κ1) is 12.8. The van der Waals surface area contributed by atoms with Gasteiger partial charge in [-0.1, -0.05) is 43.7 Å². The fourth-order valence-corrected chi connectivity index (χ4v) is 1.48. The van der Waals surface area contributed by atoms with Gasteiger partial charge in [-0.05, 0) is 24.8 Å². The summed E-state index contributed by atoms with van der Waals surface area (Å²) in [5.41, 5.74) is 1.28. The highest BCUT2D eigenvalue weighted by Crippen LogP contribution is 2.05. The minimum absolute atomic E-state index is 0.0654. The Morgan fingerprint density at radius 3 is 2.62 bits per heavy atom. The molecule has 0 saturated heterocycles. The maximum Gasteiger partial charge on any atom is 0.305 e. The smallest absolute Gasteiger partial charge is 0.305 e. The van der Waals surface area contributed by atoms with Crippen LogP contribution in [0.25, 0.3) is 0 Å². The highest BCUT2D eigenvalue weighted by atomic mass is 16.5. The van der Waals surface area contributed by atoms with Crippen LogP contribution in [0.3, 0.4) is 0 Å². The Morgan fingerprint density at radius 1 is 1.19 bits per heavy atom. The second-order valence-electron chi connectivity index (χ2n) is 3.91. The molecule has 0 saturated carbocycles. The molecule has 1 aromatic rings. The maximum absolute atomic E-state index is 11.3. The van der Waals surface area contributed by atoms with Crippen LogP contribution in [0.2, 0.25) is 0 Å². The van der Waals surface area contributed by atoms with E-state index in [9.17, 15) is 4.79 Å². The van der Waals surface area contributed by atoms with Crippen LogP contribution in [-0.4, -0.2) is 12.6 Å². The largest absolute Gasteiger partial charge is 0.466 e. The third-order valence-electron chi connectivity index (χ3n) is 2.45. The Hall–Kier alpha value is -1.31. The van der Waals surface area contributed by atoms with Gasteiger partial charge in [-0.2, -0.15) is 0 Å². The van der Waals surface area contributed by atoms with E-state index in [1.54, 1.807) is 0 Å². The second kappa shape index (κ2) is 7.91. The molecular formula is C14H20O2. The molecular weight excluding hydrogens is 200 g/mol. The summed E-state index contributed by atoms with van der Waals surface area (Å²) in [7, 11) is 0. The molecule has 0 aliphatic carbocycles. The van der Waals surface area contributed by atoms with Gasteiger partial charge >= 0.3 is 5.97 Å². The number of ether oxygens (including phenoxy) is 1. The van der Waals surface area contributed by atoms with Crippen molar-refractivity contribution in [3.05, 3.63) is 35.9 Å². The molecule has 0 radical (unpaired) electrons. The molecule has 0 amide bonds. The van der Waals surface area contributed by atoms with Crippen molar-refractivity contribution < 1.29 is 9.53 Å². The number of benzene rings is 1. The average Bonchev–Trinajstić information content (AvgIpc) is 2.31. The lowest BCUT2D eigenvalue weighted by atomic mass is 10.1. The number of rotatable bonds is 7. The van der Waals surface area contributed by atoms with E-state index in [0.29, 0.717) is 13.0 Å². The molecule has 0 spiro atoms. The molecule has 1 rings (SSSR count). The molecule has 88 valence electrons. The highest BCUT2D eigenvalue weighted by molar-refractivity contribution is 5.69. The second-order valence-corrected chi connectivity index (χ2v) is 3.91. The summed E-state index contributed by atoms with van der Waals surface area (Å²) < 4.78 is 5.08. The number of esters is 1. The van der Waals surface area contributed by atoms with Gasteiger partial charge in [0.1, 0.15) is 0 Å². The summed E-state index contributed by atoms with van der Waals surface area (Å²) in [6, 6.07) is 10.2. The van der Waals surface area contributed by atoms with E-state index in [2.05, 4.69) is 19.1 Å². The van der Waals surface area contributed by atoms with E-state index < -0.39 is 0 Å². The average molecular weight is 220 g/mol. The molecule has 0 unspecified atom stereocenters. The summed E-state index contributed by atoms with van der Waals surface area (Å²) in [6.07, 6.45) is 4.37. The Balaban J connectivity index is 2.09. The fourth-order valence-electron chi connectivity index (χ4n) is 1.48. The first-order valence-corrected chi connectivity index (χ1v) is 6.02. The van der Waals surface area contributed by atoms with Crippen LogP contribution in [0.1, 0.15) is 38.2 Å². The van der Waals surface area contributed by atoms with Crippen molar-refractivity contribution in [3.63, 3.8) is 0 Å². The lowest BCUT2D eigenvalue weighted by molar-refractivity contribution is -0.143. The topological polar surface area (TPSA) is 26.3 Å². The molecule has 0 aliphatic rings. The van der Waals surface area contributed by atoms with Gasteiger partial charge in [0.25, 0.3) is 0 Å². The Bertz CT molecular complexity index is 293. The molecule has 0 atom stereocenters. The molecule has 0 fully saturated rings. The van der Waals surface area contributed by atoms with Crippen LogP contribution in [0.5, 0.6) is 0 Å². The highest BCUT2D eigenvalue weighted by Gasteiger charge is 2.02. The minimum atomic E-state index is -0.0654. The Labute approximate surface area is 97.6 Å². The zero-order chi connectivity index (χ0) is 11.6. The van der Waals surface area contributed by atoms with Crippen LogP contribution < -0.4 is 0 Å². The normalized spacial score (nSPS) is 10.1. The molecule has 0 N–H and O–H groups in total. The van der Waals surface area contributed by atoms with E-state index in [0.717, 1.165) is 25.7 Å². The van der Waals surface area contributed by atoms with Crippen molar-refractivity contribution in [3.8, 4) is 0 Å². The van der Waals surface area contributed by atoms with Gasteiger partial charge in [0.15, 0.2) is 0 Å². The standard InChI is InChI=1S/C14H20O2/c1-2-3-12-16-14(15)11-7-10-13-8-5-4-6-9-13/h4-6,8-9H,2-3,7,10-12H2,1H3. The maximum atomic E-state index is 11.3. The lowest BCUT2D eigenvalue weighted by Gasteiger charge is -2.03. The first-order chi connectivity index (χ1) is 7.83. The summed E-state index contributed by atoms with van der Waals surface area (Å²) in [5.74, 6) is -0.0654. The van der Waals surface area contributed by atoms with Gasteiger partial charge in [-0.15, -0.1) is 0 Å². The number of unbranched alkanes of at least 4 members (excludes halogenated alkanes) is 1. The fraction of sp³-hybridized carbons (Fsp3) is 0.500. The summed E-state index contributed by atoms with van der Waals surface area (Å²) in [4.78, 5) is 11.3. The number of aryl methyl sites for hydroxylation is 1. The molecule has 0 aromatic heterocycles. The zero-order valence-corrected chi connectivity index (χ0v) is 9.95. The Morgan fingerprint density at radius 2 is 1.94 bits per heavy atom. The van der Waals surface area contributed by atoms with Crippen LogP contribution in [-0.2, 0) is 16.0 Å². The predicted octanol–water partition coefficient (Wildman–Crippen LogP) is 3.35. The summed E-state index contributed by atoms with van der Waals surface area (Å²) in [6.45, 7) is 2.66. The van der Waals surface area contributed by atoms with E-state index in [1.807, 2.05) is 18.2 Å². The first-order valence-electron chi connectivity index (χ1n) is 6.02. The molecule has 2 nitrogen and oxygen atoms in total. The lowest BCUT2D eigenvalue weighted by Crippen LogP contribution is -2.05. The van der Waals surface area contributed by atoms with Crippen molar-refractivity contribution in [1.29, 1.82) is 0 Å². The van der Waals surface area contributed by atoms with Gasteiger partial charge < -0.3 is 4.74 Å². The molecule has 2 heteroatoms. The third-order valence-corrected chi connectivity index (χ3v) is 2.45. The van der Waals surface area contributed by atoms with Crippen LogP contribution in [0.15, 0.2) is 30.3 Å². The minimum Gasteiger partial charge on any atom is -0.466 e. The van der Waals surface area contributed by atoms with Crippen molar-refractivity contribution in [2.45, 2.75) is 39.0 Å². The third kappa shape index (κ3) is 5.54. The number of hydrogen-bond acceptors (Lipinski definition) is 2. The van der Waals surface area contributed by atoms with Crippen LogP contribution >= 0.6 is 0 Å². The Kier molecular flexibility index (Phi) is 6.31. The molecule has 0 heterocycles. The summed E-state index contributed by atoms with van der Waals surface area (Å²) >= 11 is 0. The van der Waals surface area contributed by atoms with Gasteiger partial charge in [-0.3, -0.25) is 4.79 Å². The van der Waals surface area contributed by atoms with E-state index in [4.69, 9.17) is 4.74 Å². The quantitative estimate of drug-likeness (QED) is 0.520. The number of carbonyl (C=O) groups excluding carboxylic acids is 1. The molecule has 16 heavy (non-hydrogen) atoms. The monoisotopic (exact) mass is 220 g/mol. The van der Waals surface area contributed by atoms with Crippen LogP contribution in [0.4, 0.5) is 0 Å². The van der Waals surface area contributed by atoms with E-state index in [-0.39, 0.29) is 5.97 Å². The van der Waals surface area contributed by atoms with Gasteiger partial charge in [0.05, 0.1) is 6.61 Å². The predicted molar refractivity (Wildman–Crippen MR) is 65.2 cm³/mol. The SMILES string of the molecule is CCCCOC(=O)CCCc1ccccc1. The molecule has 0 bridgehead atoms. The van der Waals surface area contributed by atoms with Gasteiger partial charge in [-0.25, -0.2) is 0 Å².